The molecule has 0 heterocycles. The van der Waals surface area contributed by atoms with Crippen LogP contribution in [-0.2, 0) is 0 Å². The molecule has 0 spiro atoms. The van der Waals surface area contributed by atoms with Crippen molar-refractivity contribution in [2.24, 2.45) is 0 Å². The molecule has 1 aliphatic carbocycles. The van der Waals surface area contributed by atoms with Gasteiger partial charge in [-0.05, 0) is 39.3 Å². The number of nitrogens with one attached hydrogen (secondary N) is 1. The first kappa shape index (κ1) is 10.3. The van der Waals surface area contributed by atoms with E-state index < -0.39 is 0 Å². The lowest BCUT2D eigenvalue weighted by atomic mass is 10.1. The van der Waals surface area contributed by atoms with Crippen LogP contribution in [0.5, 0.6) is 0 Å². The van der Waals surface area contributed by atoms with E-state index in [2.05, 4.69) is 36.5 Å². The van der Waals surface area contributed by atoms with Gasteiger partial charge in [-0.25, -0.2) is 0 Å². The third-order valence-electron chi connectivity index (χ3n) is 2.60. The summed E-state index contributed by atoms with van der Waals surface area (Å²) < 4.78 is 0. The van der Waals surface area contributed by atoms with Crippen molar-refractivity contribution in [3.05, 3.63) is 35.5 Å². The fourth-order valence-electron chi connectivity index (χ4n) is 1.79. The smallest absolute Gasteiger partial charge is 0.0320 e. The summed E-state index contributed by atoms with van der Waals surface area (Å²) in [5.74, 6) is 0. The second kappa shape index (κ2) is 5.03. The molecule has 72 valence electrons. The third-order valence-corrected chi connectivity index (χ3v) is 2.60. The Bertz CT molecular complexity index is 246. The first-order valence-electron chi connectivity index (χ1n) is 4.96. The number of likely N-dealkylation sites (N-methyl/N-ethyl adjacent to an activating group) is 1. The van der Waals surface area contributed by atoms with Gasteiger partial charge in [0.15, 0.2) is 0 Å². The van der Waals surface area contributed by atoms with Crippen LogP contribution in [-0.4, -0.2) is 13.1 Å². The fraction of sp³-hybridized carbons (Fsp3) is 0.500. The largest absolute Gasteiger partial charge is 0.313 e. The minimum atomic E-state index is 0.571. The maximum Gasteiger partial charge on any atom is 0.0320 e. The van der Waals surface area contributed by atoms with Gasteiger partial charge in [0.1, 0.15) is 0 Å². The number of hydrogen-bond acceptors (Lipinski definition) is 1. The fourth-order valence-corrected chi connectivity index (χ4v) is 1.79. The molecular weight excluding hydrogens is 158 g/mol. The van der Waals surface area contributed by atoms with Gasteiger partial charge in [-0.1, -0.05) is 29.9 Å². The summed E-state index contributed by atoms with van der Waals surface area (Å²) >= 11 is 0. The summed E-state index contributed by atoms with van der Waals surface area (Å²) in [4.78, 5) is 0. The topological polar surface area (TPSA) is 12.0 Å². The molecule has 0 fully saturated rings. The van der Waals surface area contributed by atoms with Crippen LogP contribution in [0.15, 0.2) is 35.5 Å². The van der Waals surface area contributed by atoms with Crippen molar-refractivity contribution in [3.8, 4) is 0 Å². The Labute approximate surface area is 81.2 Å². The van der Waals surface area contributed by atoms with E-state index in [0.29, 0.717) is 6.04 Å². The van der Waals surface area contributed by atoms with Gasteiger partial charge in [-0.15, -0.1) is 0 Å². The lowest BCUT2D eigenvalue weighted by molar-refractivity contribution is 0.635. The van der Waals surface area contributed by atoms with E-state index in [1.54, 1.807) is 0 Å². The number of hydrogen-bond donors (Lipinski definition) is 1. The zero-order chi connectivity index (χ0) is 9.68. The normalized spacial score (nSPS) is 24.1. The Morgan fingerprint density at radius 2 is 2.15 bits per heavy atom. The average molecular weight is 177 g/mol. The van der Waals surface area contributed by atoms with Crippen molar-refractivity contribution in [1.82, 2.24) is 5.32 Å². The zero-order valence-corrected chi connectivity index (χ0v) is 8.80. The predicted octanol–water partition coefficient (Wildman–Crippen LogP) is 2.82. The first-order valence-corrected chi connectivity index (χ1v) is 4.96. The van der Waals surface area contributed by atoms with E-state index in [1.807, 2.05) is 14.0 Å². The molecule has 0 saturated heterocycles. The number of rotatable bonds is 3. The standard InChI is InChI=1S/C12H19N/c1-4-5-6-7-11-10(2)8-9-12(11)13-3/h4-7,12-13H,8-9H2,1-3H3/b5-4-,7-6-. The van der Waals surface area contributed by atoms with Gasteiger partial charge in [-0.2, -0.15) is 0 Å². The second-order valence-corrected chi connectivity index (χ2v) is 3.50. The molecule has 0 aromatic rings. The van der Waals surface area contributed by atoms with Gasteiger partial charge in [0.05, 0.1) is 0 Å². The third kappa shape index (κ3) is 2.56. The Balaban J connectivity index is 2.69. The van der Waals surface area contributed by atoms with E-state index in [4.69, 9.17) is 0 Å². The molecule has 0 radical (unpaired) electrons. The van der Waals surface area contributed by atoms with E-state index in [0.717, 1.165) is 0 Å². The molecule has 0 aliphatic heterocycles. The maximum atomic E-state index is 3.34. The van der Waals surface area contributed by atoms with Gasteiger partial charge >= 0.3 is 0 Å². The highest BCUT2D eigenvalue weighted by Gasteiger charge is 2.18. The molecule has 0 aromatic heterocycles. The van der Waals surface area contributed by atoms with Crippen molar-refractivity contribution in [3.63, 3.8) is 0 Å². The molecule has 0 saturated carbocycles. The van der Waals surface area contributed by atoms with Gasteiger partial charge in [-0.3, -0.25) is 0 Å². The maximum absolute atomic E-state index is 3.34. The van der Waals surface area contributed by atoms with Crippen LogP contribution in [0.2, 0.25) is 0 Å². The van der Waals surface area contributed by atoms with Gasteiger partial charge in [0.2, 0.25) is 0 Å². The van der Waals surface area contributed by atoms with E-state index in [-0.39, 0.29) is 0 Å². The molecule has 1 unspecified atom stereocenters. The van der Waals surface area contributed by atoms with E-state index in [9.17, 15) is 0 Å². The van der Waals surface area contributed by atoms with Crippen LogP contribution in [0.1, 0.15) is 26.7 Å². The summed E-state index contributed by atoms with van der Waals surface area (Å²) in [6.07, 6.45) is 11.0. The molecule has 0 bridgehead atoms. The van der Waals surface area contributed by atoms with Gasteiger partial charge in [0.25, 0.3) is 0 Å². The molecule has 13 heavy (non-hydrogen) atoms. The van der Waals surface area contributed by atoms with Gasteiger partial charge < -0.3 is 5.32 Å². The van der Waals surface area contributed by atoms with Crippen molar-refractivity contribution in [2.75, 3.05) is 7.05 Å². The second-order valence-electron chi connectivity index (χ2n) is 3.50. The molecule has 1 heteroatoms. The summed E-state index contributed by atoms with van der Waals surface area (Å²) in [5.41, 5.74) is 3.00. The van der Waals surface area contributed by atoms with Crippen LogP contribution in [0.3, 0.4) is 0 Å². The lowest BCUT2D eigenvalue weighted by Crippen LogP contribution is -2.23. The van der Waals surface area contributed by atoms with Crippen molar-refractivity contribution < 1.29 is 0 Å². The monoisotopic (exact) mass is 177 g/mol. The molecule has 0 amide bonds. The van der Waals surface area contributed by atoms with Gasteiger partial charge in [0, 0.05) is 6.04 Å². The molecule has 1 N–H and O–H groups in total. The van der Waals surface area contributed by atoms with Crippen molar-refractivity contribution in [1.29, 1.82) is 0 Å². The van der Waals surface area contributed by atoms with Crippen LogP contribution in [0, 0.1) is 0 Å². The Morgan fingerprint density at radius 1 is 1.38 bits per heavy atom. The quantitative estimate of drug-likeness (QED) is 0.654. The number of allylic oxidation sites excluding steroid dienone is 4. The van der Waals surface area contributed by atoms with E-state index in [1.165, 1.54) is 24.0 Å². The molecule has 0 aromatic carbocycles. The Morgan fingerprint density at radius 3 is 2.77 bits per heavy atom. The summed E-state index contributed by atoms with van der Waals surface area (Å²) in [6, 6.07) is 0.571. The summed E-state index contributed by atoms with van der Waals surface area (Å²) in [5, 5.41) is 3.34. The highest BCUT2D eigenvalue weighted by atomic mass is 14.9. The van der Waals surface area contributed by atoms with Crippen LogP contribution in [0.25, 0.3) is 0 Å². The molecule has 1 nitrogen and oxygen atoms in total. The van der Waals surface area contributed by atoms with Crippen LogP contribution < -0.4 is 5.32 Å². The van der Waals surface area contributed by atoms with Crippen molar-refractivity contribution in [2.45, 2.75) is 32.7 Å². The molecule has 1 atom stereocenters. The first-order chi connectivity index (χ1) is 6.29. The minimum Gasteiger partial charge on any atom is -0.313 e. The van der Waals surface area contributed by atoms with E-state index >= 15 is 0 Å². The predicted molar refractivity (Wildman–Crippen MR) is 58.7 cm³/mol. The molecule has 1 aliphatic rings. The van der Waals surface area contributed by atoms with Crippen LogP contribution >= 0.6 is 0 Å². The highest BCUT2D eigenvalue weighted by Crippen LogP contribution is 2.26. The Hall–Kier alpha value is -0.820. The lowest BCUT2D eigenvalue weighted by Gasteiger charge is -2.10. The van der Waals surface area contributed by atoms with Crippen molar-refractivity contribution >= 4 is 0 Å². The SMILES string of the molecule is C/C=C\C=C/C1=C(C)CCC1NC. The summed E-state index contributed by atoms with van der Waals surface area (Å²) in [7, 11) is 2.03. The summed E-state index contributed by atoms with van der Waals surface area (Å²) in [6.45, 7) is 4.27. The average Bonchev–Trinajstić information content (AvgIpc) is 2.48. The highest BCUT2D eigenvalue weighted by molar-refractivity contribution is 5.35. The Kier molecular flexibility index (Phi) is 3.97. The molecular formula is C12H19N. The molecule has 1 rings (SSSR count). The van der Waals surface area contributed by atoms with Crippen LogP contribution in [0.4, 0.5) is 0 Å². The minimum absolute atomic E-state index is 0.571. The zero-order valence-electron chi connectivity index (χ0n) is 8.80.